The van der Waals surface area contributed by atoms with Gasteiger partial charge in [0.15, 0.2) is 0 Å². The SMILES string of the molecule is CN(C)S(=O)(=O)c1cc(C(=O)O)c(Cl)cc1NCCCCCCCC(F)(F)F. The van der Waals surface area contributed by atoms with Crippen LogP contribution in [0.1, 0.15) is 48.9 Å². The summed E-state index contributed by atoms with van der Waals surface area (Å²) in [4.78, 5) is 11.0. The van der Waals surface area contributed by atoms with Crippen molar-refractivity contribution in [2.75, 3.05) is 26.0 Å². The summed E-state index contributed by atoms with van der Waals surface area (Å²) in [6.07, 6.45) is -2.41. The number of carbonyl (C=O) groups is 1. The first-order valence-electron chi connectivity index (χ1n) is 8.66. The molecule has 0 amide bonds. The molecule has 0 bridgehead atoms. The molecule has 0 unspecified atom stereocenters. The van der Waals surface area contributed by atoms with Gasteiger partial charge in [0.1, 0.15) is 4.90 Å². The van der Waals surface area contributed by atoms with E-state index in [2.05, 4.69) is 5.32 Å². The van der Waals surface area contributed by atoms with E-state index in [1.54, 1.807) is 0 Å². The van der Waals surface area contributed by atoms with Gasteiger partial charge >= 0.3 is 12.1 Å². The van der Waals surface area contributed by atoms with Crippen LogP contribution in [-0.2, 0) is 10.0 Å². The van der Waals surface area contributed by atoms with Crippen LogP contribution in [0.3, 0.4) is 0 Å². The maximum atomic E-state index is 12.5. The van der Waals surface area contributed by atoms with Crippen molar-refractivity contribution >= 4 is 33.3 Å². The number of sulfonamides is 1. The van der Waals surface area contributed by atoms with Crippen LogP contribution in [-0.4, -0.2) is 50.6 Å². The van der Waals surface area contributed by atoms with Gasteiger partial charge in [-0.25, -0.2) is 17.5 Å². The minimum Gasteiger partial charge on any atom is -0.478 e. The molecule has 1 aromatic carbocycles. The Balaban J connectivity index is 2.72. The third-order valence-electron chi connectivity index (χ3n) is 4.01. The number of benzene rings is 1. The second kappa shape index (κ2) is 10.3. The van der Waals surface area contributed by atoms with E-state index < -0.39 is 28.6 Å². The molecule has 28 heavy (non-hydrogen) atoms. The van der Waals surface area contributed by atoms with E-state index in [4.69, 9.17) is 16.7 Å². The Morgan fingerprint density at radius 3 is 2.25 bits per heavy atom. The monoisotopic (exact) mass is 444 g/mol. The first-order valence-corrected chi connectivity index (χ1v) is 10.5. The zero-order valence-corrected chi connectivity index (χ0v) is 17.2. The molecule has 0 heterocycles. The molecule has 0 aliphatic heterocycles. The lowest BCUT2D eigenvalue weighted by Gasteiger charge is -2.17. The first kappa shape index (κ1) is 24.5. The molecule has 6 nitrogen and oxygen atoms in total. The van der Waals surface area contributed by atoms with Gasteiger partial charge in [0, 0.05) is 27.1 Å². The molecule has 1 rings (SSSR count). The highest BCUT2D eigenvalue weighted by Gasteiger charge is 2.26. The zero-order valence-electron chi connectivity index (χ0n) is 15.6. The van der Waals surface area contributed by atoms with Crippen LogP contribution in [0.15, 0.2) is 17.0 Å². The lowest BCUT2D eigenvalue weighted by molar-refractivity contribution is -0.135. The summed E-state index contributed by atoms with van der Waals surface area (Å²) in [5.41, 5.74) is -0.141. The fraction of sp³-hybridized carbons (Fsp3) is 0.588. The number of aromatic carboxylic acids is 1. The minimum atomic E-state index is -4.13. The fourth-order valence-electron chi connectivity index (χ4n) is 2.47. The Kier molecular flexibility index (Phi) is 9.03. The summed E-state index contributed by atoms with van der Waals surface area (Å²) >= 11 is 5.94. The molecule has 0 aliphatic carbocycles. The van der Waals surface area contributed by atoms with E-state index >= 15 is 0 Å². The molecule has 11 heteroatoms. The highest BCUT2D eigenvalue weighted by atomic mass is 35.5. The highest BCUT2D eigenvalue weighted by molar-refractivity contribution is 7.89. The van der Waals surface area contributed by atoms with E-state index in [1.165, 1.54) is 20.2 Å². The molecule has 160 valence electrons. The van der Waals surface area contributed by atoms with Crippen molar-refractivity contribution in [3.63, 3.8) is 0 Å². The van der Waals surface area contributed by atoms with Crippen LogP contribution in [0.5, 0.6) is 0 Å². The Labute approximate surface area is 167 Å². The van der Waals surface area contributed by atoms with E-state index in [0.717, 1.165) is 10.4 Å². The third-order valence-corrected chi connectivity index (χ3v) is 6.18. The summed E-state index contributed by atoms with van der Waals surface area (Å²) in [5, 5.41) is 12.0. The number of nitrogens with one attached hydrogen (secondary N) is 1. The molecule has 0 saturated carbocycles. The number of alkyl halides is 3. The molecular formula is C17H24ClF3N2O4S. The van der Waals surface area contributed by atoms with E-state index in [-0.39, 0.29) is 27.6 Å². The molecule has 0 aromatic heterocycles. The number of rotatable bonds is 11. The van der Waals surface area contributed by atoms with Gasteiger partial charge in [-0.1, -0.05) is 30.9 Å². The van der Waals surface area contributed by atoms with Crippen molar-refractivity contribution < 1.29 is 31.5 Å². The predicted molar refractivity (Wildman–Crippen MR) is 102 cm³/mol. The number of halogens is 4. The van der Waals surface area contributed by atoms with E-state index in [1.807, 2.05) is 0 Å². The molecule has 1 aromatic rings. The fourth-order valence-corrected chi connectivity index (χ4v) is 3.78. The van der Waals surface area contributed by atoms with Crippen molar-refractivity contribution in [3.05, 3.63) is 22.7 Å². The van der Waals surface area contributed by atoms with Gasteiger partial charge < -0.3 is 10.4 Å². The molecule has 2 N–H and O–H groups in total. The molecule has 0 spiro atoms. The van der Waals surface area contributed by atoms with Crippen LogP contribution in [0, 0.1) is 0 Å². The van der Waals surface area contributed by atoms with Crippen molar-refractivity contribution in [2.45, 2.75) is 49.6 Å². The predicted octanol–water partition coefficient (Wildman–Crippen LogP) is 4.60. The van der Waals surface area contributed by atoms with Crippen LogP contribution < -0.4 is 5.32 Å². The van der Waals surface area contributed by atoms with Gasteiger partial charge in [-0.05, 0) is 25.0 Å². The molecule has 0 fully saturated rings. The summed E-state index contributed by atoms with van der Waals surface area (Å²) in [6.45, 7) is 0.373. The van der Waals surface area contributed by atoms with Crippen LogP contribution in [0.4, 0.5) is 18.9 Å². The largest absolute Gasteiger partial charge is 0.478 e. The van der Waals surface area contributed by atoms with Crippen LogP contribution >= 0.6 is 11.6 Å². The van der Waals surface area contributed by atoms with Gasteiger partial charge in [0.25, 0.3) is 0 Å². The lowest BCUT2D eigenvalue weighted by Crippen LogP contribution is -2.24. The van der Waals surface area contributed by atoms with Gasteiger partial charge in [0.2, 0.25) is 10.0 Å². The van der Waals surface area contributed by atoms with Crippen LogP contribution in [0.25, 0.3) is 0 Å². The maximum absolute atomic E-state index is 12.5. The normalized spacial score (nSPS) is 12.4. The molecule has 0 aliphatic rings. The maximum Gasteiger partial charge on any atom is 0.389 e. The Morgan fingerprint density at radius 2 is 1.71 bits per heavy atom. The number of carboxylic acids is 1. The third kappa shape index (κ3) is 7.48. The van der Waals surface area contributed by atoms with Gasteiger partial charge in [-0.3, -0.25) is 0 Å². The first-order chi connectivity index (χ1) is 12.9. The topological polar surface area (TPSA) is 86.7 Å². The number of anilines is 1. The standard InChI is InChI=1S/C17H24ClF3N2O4S/c1-23(2)28(26,27)15-10-12(16(24)25)13(18)11-14(15)22-9-7-5-3-4-6-8-17(19,20)21/h10-11,22H,3-9H2,1-2H3,(H,24,25). The Bertz CT molecular complexity index is 783. The smallest absolute Gasteiger partial charge is 0.389 e. The molecular weight excluding hydrogens is 421 g/mol. The van der Waals surface area contributed by atoms with Gasteiger partial charge in [-0.15, -0.1) is 0 Å². The van der Waals surface area contributed by atoms with Crippen LogP contribution in [0.2, 0.25) is 5.02 Å². The Morgan fingerprint density at radius 1 is 1.14 bits per heavy atom. The zero-order chi connectivity index (χ0) is 21.5. The highest BCUT2D eigenvalue weighted by Crippen LogP contribution is 2.30. The van der Waals surface area contributed by atoms with E-state index in [0.29, 0.717) is 32.2 Å². The number of hydrogen-bond acceptors (Lipinski definition) is 4. The molecule has 0 atom stereocenters. The summed E-state index contributed by atoms with van der Waals surface area (Å²) < 4.78 is 62.1. The average molecular weight is 445 g/mol. The number of hydrogen-bond donors (Lipinski definition) is 2. The van der Waals surface area contributed by atoms with Crippen molar-refractivity contribution in [3.8, 4) is 0 Å². The van der Waals surface area contributed by atoms with Gasteiger partial charge in [-0.2, -0.15) is 13.2 Å². The van der Waals surface area contributed by atoms with Crippen molar-refractivity contribution in [1.29, 1.82) is 0 Å². The average Bonchev–Trinajstić information content (AvgIpc) is 2.55. The number of carboxylic acid groups (broad SMARTS) is 1. The minimum absolute atomic E-state index is 0.0917. The Hall–Kier alpha value is -1.52. The quantitative estimate of drug-likeness (QED) is 0.487. The van der Waals surface area contributed by atoms with Crippen molar-refractivity contribution in [2.24, 2.45) is 0 Å². The number of nitrogens with zero attached hydrogens (tertiary/aromatic N) is 1. The van der Waals surface area contributed by atoms with Gasteiger partial charge in [0.05, 0.1) is 16.3 Å². The molecule has 0 saturated heterocycles. The number of unbranched alkanes of at least 4 members (excludes halogenated alkanes) is 4. The van der Waals surface area contributed by atoms with Crippen molar-refractivity contribution in [1.82, 2.24) is 4.31 Å². The second-order valence-electron chi connectivity index (χ2n) is 6.48. The summed E-state index contributed by atoms with van der Waals surface area (Å²) in [7, 11) is -1.25. The molecule has 0 radical (unpaired) electrons. The summed E-state index contributed by atoms with van der Waals surface area (Å²) in [5.74, 6) is -1.34. The summed E-state index contributed by atoms with van der Waals surface area (Å²) in [6, 6.07) is 2.27. The lowest BCUT2D eigenvalue weighted by atomic mass is 10.1. The van der Waals surface area contributed by atoms with E-state index in [9.17, 15) is 26.4 Å². The second-order valence-corrected chi connectivity index (χ2v) is 9.01.